The van der Waals surface area contributed by atoms with E-state index in [1.807, 2.05) is 5.32 Å². The highest BCUT2D eigenvalue weighted by atomic mass is 19.4. The Morgan fingerprint density at radius 3 is 2.19 bits per heavy atom. The summed E-state index contributed by atoms with van der Waals surface area (Å²) in [6.45, 7) is 2.98. The van der Waals surface area contributed by atoms with Gasteiger partial charge in [-0.3, -0.25) is 9.78 Å². The third kappa shape index (κ3) is 2.95. The molecular formula is C10H11F3N2O. The van der Waals surface area contributed by atoms with Gasteiger partial charge in [-0.05, 0) is 31.5 Å². The van der Waals surface area contributed by atoms with Gasteiger partial charge in [-0.1, -0.05) is 0 Å². The van der Waals surface area contributed by atoms with E-state index in [9.17, 15) is 18.0 Å². The van der Waals surface area contributed by atoms with E-state index in [-0.39, 0.29) is 0 Å². The summed E-state index contributed by atoms with van der Waals surface area (Å²) in [5, 5.41) is 1.92. The molecule has 0 atom stereocenters. The van der Waals surface area contributed by atoms with Gasteiger partial charge in [-0.15, -0.1) is 0 Å². The summed E-state index contributed by atoms with van der Waals surface area (Å²) in [4.78, 5) is 14.6. The molecule has 0 aromatic carbocycles. The van der Waals surface area contributed by atoms with Gasteiger partial charge in [-0.25, -0.2) is 0 Å². The number of hydrogen-bond donors (Lipinski definition) is 1. The van der Waals surface area contributed by atoms with Crippen LogP contribution in [-0.4, -0.2) is 17.1 Å². The average Bonchev–Trinajstić information content (AvgIpc) is 2.17. The molecule has 0 unspecified atom stereocenters. The molecule has 1 amide bonds. The zero-order valence-electron chi connectivity index (χ0n) is 8.80. The van der Waals surface area contributed by atoms with Gasteiger partial charge < -0.3 is 5.32 Å². The molecule has 1 heterocycles. The second-order valence-corrected chi connectivity index (χ2v) is 3.81. The Balaban J connectivity index is 2.85. The van der Waals surface area contributed by atoms with E-state index < -0.39 is 17.6 Å². The largest absolute Gasteiger partial charge is 0.471 e. The second kappa shape index (κ2) is 4.11. The van der Waals surface area contributed by atoms with Crippen LogP contribution in [0.4, 0.5) is 13.2 Å². The molecule has 0 radical (unpaired) electrons. The van der Waals surface area contributed by atoms with E-state index in [1.54, 1.807) is 12.1 Å². The molecule has 0 aliphatic carbocycles. The molecule has 0 saturated heterocycles. The molecule has 0 aliphatic rings. The van der Waals surface area contributed by atoms with Crippen LogP contribution in [0.2, 0.25) is 0 Å². The van der Waals surface area contributed by atoms with Crippen LogP contribution < -0.4 is 5.32 Å². The van der Waals surface area contributed by atoms with Crippen molar-refractivity contribution in [3.8, 4) is 0 Å². The molecule has 1 rings (SSSR count). The van der Waals surface area contributed by atoms with E-state index in [0.717, 1.165) is 0 Å². The summed E-state index contributed by atoms with van der Waals surface area (Å²) in [6, 6.07) is 3.10. The number of pyridine rings is 1. The number of amides is 1. The average molecular weight is 232 g/mol. The SMILES string of the molecule is CC(C)(NC(=O)C(F)(F)F)c1ccncc1. The maximum atomic E-state index is 12.1. The fourth-order valence-electron chi connectivity index (χ4n) is 1.20. The number of nitrogens with one attached hydrogen (secondary N) is 1. The Hall–Kier alpha value is -1.59. The van der Waals surface area contributed by atoms with E-state index in [0.29, 0.717) is 5.56 Å². The number of carbonyl (C=O) groups excluding carboxylic acids is 1. The van der Waals surface area contributed by atoms with Crippen molar-refractivity contribution in [1.82, 2.24) is 10.3 Å². The summed E-state index contributed by atoms with van der Waals surface area (Å²) in [5.74, 6) is -1.95. The van der Waals surface area contributed by atoms with Gasteiger partial charge in [0.1, 0.15) is 0 Å². The zero-order valence-corrected chi connectivity index (χ0v) is 8.80. The maximum Gasteiger partial charge on any atom is 0.471 e. The first-order valence-electron chi connectivity index (χ1n) is 4.53. The normalized spacial score (nSPS) is 12.3. The third-order valence-electron chi connectivity index (χ3n) is 2.09. The topological polar surface area (TPSA) is 42.0 Å². The van der Waals surface area contributed by atoms with E-state index in [4.69, 9.17) is 0 Å². The van der Waals surface area contributed by atoms with Gasteiger partial charge in [-0.2, -0.15) is 13.2 Å². The summed E-state index contributed by atoms with van der Waals surface area (Å²) >= 11 is 0. The summed E-state index contributed by atoms with van der Waals surface area (Å²) in [7, 11) is 0. The highest BCUT2D eigenvalue weighted by Gasteiger charge is 2.41. The third-order valence-corrected chi connectivity index (χ3v) is 2.09. The first kappa shape index (κ1) is 12.5. The standard InChI is InChI=1S/C10H11F3N2O/c1-9(2,7-3-5-14-6-4-7)15-8(16)10(11,12)13/h3-6H,1-2H3,(H,15,16). The highest BCUT2D eigenvalue weighted by Crippen LogP contribution is 2.22. The van der Waals surface area contributed by atoms with Gasteiger partial charge >= 0.3 is 12.1 Å². The molecule has 0 bridgehead atoms. The first-order valence-corrected chi connectivity index (χ1v) is 4.53. The highest BCUT2D eigenvalue weighted by molar-refractivity contribution is 5.82. The van der Waals surface area contributed by atoms with Crippen LogP contribution in [0.25, 0.3) is 0 Å². The number of alkyl halides is 3. The van der Waals surface area contributed by atoms with Gasteiger partial charge in [0.2, 0.25) is 0 Å². The lowest BCUT2D eigenvalue weighted by Crippen LogP contribution is -2.47. The van der Waals surface area contributed by atoms with Crippen molar-refractivity contribution >= 4 is 5.91 Å². The van der Waals surface area contributed by atoms with Crippen molar-refractivity contribution < 1.29 is 18.0 Å². The lowest BCUT2D eigenvalue weighted by Gasteiger charge is -2.27. The first-order chi connectivity index (χ1) is 7.23. The smallest absolute Gasteiger partial charge is 0.339 e. The minimum Gasteiger partial charge on any atom is -0.339 e. The van der Waals surface area contributed by atoms with Gasteiger partial charge in [0, 0.05) is 12.4 Å². The van der Waals surface area contributed by atoms with Crippen LogP contribution in [0.1, 0.15) is 19.4 Å². The van der Waals surface area contributed by atoms with Crippen molar-refractivity contribution in [1.29, 1.82) is 0 Å². The van der Waals surface area contributed by atoms with Crippen LogP contribution in [-0.2, 0) is 10.3 Å². The summed E-state index contributed by atoms with van der Waals surface area (Å²) in [6.07, 6.45) is -1.96. The molecular weight excluding hydrogens is 221 g/mol. The van der Waals surface area contributed by atoms with Crippen LogP contribution in [0.3, 0.4) is 0 Å². The summed E-state index contributed by atoms with van der Waals surface area (Å²) < 4.78 is 36.2. The molecule has 0 spiro atoms. The molecule has 88 valence electrons. The molecule has 16 heavy (non-hydrogen) atoms. The maximum absolute atomic E-state index is 12.1. The van der Waals surface area contributed by atoms with Crippen LogP contribution in [0.15, 0.2) is 24.5 Å². The van der Waals surface area contributed by atoms with E-state index >= 15 is 0 Å². The fraction of sp³-hybridized carbons (Fsp3) is 0.400. The van der Waals surface area contributed by atoms with Crippen molar-refractivity contribution in [3.05, 3.63) is 30.1 Å². The molecule has 3 nitrogen and oxygen atoms in total. The number of halogens is 3. The van der Waals surface area contributed by atoms with Crippen LogP contribution in [0, 0.1) is 0 Å². The quantitative estimate of drug-likeness (QED) is 0.847. The van der Waals surface area contributed by atoms with E-state index in [1.165, 1.54) is 26.2 Å². The second-order valence-electron chi connectivity index (χ2n) is 3.81. The Kier molecular flexibility index (Phi) is 3.21. The van der Waals surface area contributed by atoms with Crippen molar-refractivity contribution in [2.75, 3.05) is 0 Å². The van der Waals surface area contributed by atoms with Crippen molar-refractivity contribution in [2.45, 2.75) is 25.6 Å². The predicted octanol–water partition coefficient (Wildman–Crippen LogP) is 2.00. The van der Waals surface area contributed by atoms with Crippen LogP contribution >= 0.6 is 0 Å². The zero-order chi connectivity index (χ0) is 12.4. The minimum atomic E-state index is -4.87. The van der Waals surface area contributed by atoms with Gasteiger partial charge in [0.15, 0.2) is 0 Å². The van der Waals surface area contributed by atoms with E-state index in [2.05, 4.69) is 4.98 Å². The number of nitrogens with zero attached hydrogens (tertiary/aromatic N) is 1. The van der Waals surface area contributed by atoms with Crippen molar-refractivity contribution in [2.24, 2.45) is 0 Å². The Bertz CT molecular complexity index is 373. The number of rotatable bonds is 2. The monoisotopic (exact) mass is 232 g/mol. The molecule has 0 saturated carbocycles. The lowest BCUT2D eigenvalue weighted by molar-refractivity contribution is -0.175. The Morgan fingerprint density at radius 1 is 1.25 bits per heavy atom. The molecule has 0 fully saturated rings. The molecule has 1 N–H and O–H groups in total. The minimum absolute atomic E-state index is 0.556. The fourth-order valence-corrected chi connectivity index (χ4v) is 1.20. The number of hydrogen-bond acceptors (Lipinski definition) is 2. The molecule has 1 aromatic heterocycles. The van der Waals surface area contributed by atoms with Gasteiger partial charge in [0.25, 0.3) is 0 Å². The molecule has 6 heteroatoms. The number of aromatic nitrogens is 1. The lowest BCUT2D eigenvalue weighted by atomic mass is 9.95. The van der Waals surface area contributed by atoms with Crippen LogP contribution in [0.5, 0.6) is 0 Å². The Labute approximate surface area is 90.7 Å². The summed E-state index contributed by atoms with van der Waals surface area (Å²) in [5.41, 5.74) is -0.532. The number of carbonyl (C=O) groups is 1. The predicted molar refractivity (Wildman–Crippen MR) is 51.5 cm³/mol. The molecule has 0 aliphatic heterocycles. The Morgan fingerprint density at radius 2 is 1.75 bits per heavy atom. The van der Waals surface area contributed by atoms with Crippen molar-refractivity contribution in [3.63, 3.8) is 0 Å². The van der Waals surface area contributed by atoms with Gasteiger partial charge in [0.05, 0.1) is 5.54 Å². The molecule has 1 aromatic rings.